The number of carbonyl (C=O) groups excluding carboxylic acids is 1. The molecule has 3 aliphatic rings. The number of pyridine rings is 1. The van der Waals surface area contributed by atoms with Crippen LogP contribution in [0, 0.1) is 11.8 Å². The van der Waals surface area contributed by atoms with Gasteiger partial charge in [-0.1, -0.05) is 42.8 Å². The van der Waals surface area contributed by atoms with Crippen LogP contribution in [0.25, 0.3) is 0 Å². The van der Waals surface area contributed by atoms with E-state index in [2.05, 4.69) is 40.1 Å². The standard InChI is InChI=1S/C26H33N3O2/c30-25-11-5-6-13-27(25)15-12-26(31)28-18-21-17-22(19-28)24(16-20-8-2-1-3-9-20)29-14-7-4-10-23(21)29/h1-3,5-6,8-9,11,13,21-24H,4,7,10,12,14-19H2/t21-,22+,23+,24+/m1/s1. The van der Waals surface area contributed by atoms with E-state index >= 15 is 0 Å². The van der Waals surface area contributed by atoms with Gasteiger partial charge in [-0.3, -0.25) is 14.5 Å². The highest BCUT2D eigenvalue weighted by molar-refractivity contribution is 5.76. The Morgan fingerprint density at radius 2 is 1.77 bits per heavy atom. The third kappa shape index (κ3) is 4.33. The molecule has 0 aliphatic carbocycles. The molecule has 1 aromatic carbocycles. The van der Waals surface area contributed by atoms with E-state index in [1.54, 1.807) is 22.9 Å². The number of hydrogen-bond acceptors (Lipinski definition) is 3. The lowest BCUT2D eigenvalue weighted by Crippen LogP contribution is -2.64. The van der Waals surface area contributed by atoms with Crippen molar-refractivity contribution >= 4 is 5.91 Å². The minimum absolute atomic E-state index is 0.0356. The van der Waals surface area contributed by atoms with Gasteiger partial charge in [0, 0.05) is 50.4 Å². The first-order chi connectivity index (χ1) is 15.2. The number of piperidine rings is 3. The SMILES string of the molecule is O=C(CCn1ccccc1=O)N1C[C@H]2C[C@@H](C1)[C@H](Cc1ccccc1)N1CCCC[C@@H]21. The summed E-state index contributed by atoms with van der Waals surface area (Å²) in [4.78, 5) is 30.0. The number of aromatic nitrogens is 1. The molecule has 2 bridgehead atoms. The van der Waals surface area contributed by atoms with Gasteiger partial charge >= 0.3 is 0 Å². The molecule has 5 nitrogen and oxygen atoms in total. The van der Waals surface area contributed by atoms with Crippen LogP contribution in [-0.4, -0.2) is 52.0 Å². The molecule has 5 rings (SSSR count). The number of benzene rings is 1. The quantitative estimate of drug-likeness (QED) is 0.748. The predicted molar refractivity (Wildman–Crippen MR) is 122 cm³/mol. The summed E-state index contributed by atoms with van der Waals surface area (Å²) in [7, 11) is 0. The van der Waals surface area contributed by atoms with Gasteiger partial charge in [0.25, 0.3) is 5.56 Å². The smallest absolute Gasteiger partial charge is 0.250 e. The summed E-state index contributed by atoms with van der Waals surface area (Å²) in [6, 6.07) is 17.1. The van der Waals surface area contributed by atoms with E-state index in [-0.39, 0.29) is 11.5 Å². The number of hydrogen-bond donors (Lipinski definition) is 0. The van der Waals surface area contributed by atoms with E-state index in [0.29, 0.717) is 36.9 Å². The molecule has 4 atom stereocenters. The number of likely N-dealkylation sites (tertiary alicyclic amines) is 1. The molecule has 1 aromatic heterocycles. The first-order valence-electron chi connectivity index (χ1n) is 11.9. The number of aryl methyl sites for hydroxylation is 1. The lowest BCUT2D eigenvalue weighted by atomic mass is 9.71. The number of carbonyl (C=O) groups is 1. The molecule has 0 radical (unpaired) electrons. The molecule has 3 saturated heterocycles. The van der Waals surface area contributed by atoms with Crippen LogP contribution < -0.4 is 5.56 Å². The summed E-state index contributed by atoms with van der Waals surface area (Å²) in [5, 5.41) is 0. The third-order valence-electron chi connectivity index (χ3n) is 7.73. The Balaban J connectivity index is 1.31. The number of rotatable bonds is 5. The molecule has 0 spiro atoms. The summed E-state index contributed by atoms with van der Waals surface area (Å²) in [5.41, 5.74) is 1.37. The van der Waals surface area contributed by atoms with E-state index in [9.17, 15) is 9.59 Å². The van der Waals surface area contributed by atoms with Crippen molar-refractivity contribution in [3.05, 3.63) is 70.6 Å². The van der Waals surface area contributed by atoms with Gasteiger partial charge in [0.2, 0.25) is 5.91 Å². The molecule has 5 heteroatoms. The van der Waals surface area contributed by atoms with Gasteiger partial charge in [0.15, 0.2) is 0 Å². The molecular formula is C26H33N3O2. The summed E-state index contributed by atoms with van der Waals surface area (Å²) in [6.45, 7) is 3.42. The van der Waals surface area contributed by atoms with Gasteiger partial charge in [-0.2, -0.15) is 0 Å². The second-order valence-corrected chi connectivity index (χ2v) is 9.59. The zero-order chi connectivity index (χ0) is 21.2. The van der Waals surface area contributed by atoms with Crippen molar-refractivity contribution in [2.24, 2.45) is 11.8 Å². The van der Waals surface area contributed by atoms with Gasteiger partial charge in [-0.15, -0.1) is 0 Å². The van der Waals surface area contributed by atoms with E-state index in [4.69, 9.17) is 0 Å². The molecule has 1 amide bonds. The first kappa shape index (κ1) is 20.5. The molecule has 2 aromatic rings. The fraction of sp³-hybridized carbons (Fsp3) is 0.538. The maximum atomic E-state index is 13.1. The van der Waals surface area contributed by atoms with Crippen LogP contribution in [0.1, 0.15) is 37.7 Å². The summed E-state index contributed by atoms with van der Waals surface area (Å²) < 4.78 is 1.64. The summed E-state index contributed by atoms with van der Waals surface area (Å²) in [6.07, 6.45) is 8.39. The average molecular weight is 420 g/mol. The number of amides is 1. The largest absolute Gasteiger partial charge is 0.342 e. The Labute approximate surface area is 184 Å². The highest BCUT2D eigenvalue weighted by Gasteiger charge is 2.47. The molecule has 3 fully saturated rings. The van der Waals surface area contributed by atoms with Crippen molar-refractivity contribution in [1.82, 2.24) is 14.4 Å². The van der Waals surface area contributed by atoms with E-state index < -0.39 is 0 Å². The Bertz CT molecular complexity index is 956. The van der Waals surface area contributed by atoms with Gasteiger partial charge in [-0.05, 0) is 55.7 Å². The van der Waals surface area contributed by atoms with Crippen LogP contribution in [0.5, 0.6) is 0 Å². The Hall–Kier alpha value is -2.40. The van der Waals surface area contributed by atoms with Gasteiger partial charge in [-0.25, -0.2) is 0 Å². The fourth-order valence-electron chi connectivity index (χ4n) is 6.27. The van der Waals surface area contributed by atoms with Gasteiger partial charge < -0.3 is 9.47 Å². The Kier molecular flexibility index (Phi) is 5.95. The summed E-state index contributed by atoms with van der Waals surface area (Å²) in [5.74, 6) is 1.33. The van der Waals surface area contributed by atoms with E-state index in [0.717, 1.165) is 19.5 Å². The van der Waals surface area contributed by atoms with Crippen molar-refractivity contribution in [2.45, 2.75) is 57.2 Å². The molecule has 3 aliphatic heterocycles. The second kappa shape index (κ2) is 8.99. The molecule has 0 N–H and O–H groups in total. The zero-order valence-corrected chi connectivity index (χ0v) is 18.2. The van der Waals surface area contributed by atoms with Crippen LogP contribution in [0.4, 0.5) is 0 Å². The molecule has 0 unspecified atom stereocenters. The molecule has 164 valence electrons. The zero-order valence-electron chi connectivity index (χ0n) is 18.2. The van der Waals surface area contributed by atoms with Crippen LogP contribution in [-0.2, 0) is 17.8 Å². The van der Waals surface area contributed by atoms with Crippen molar-refractivity contribution in [1.29, 1.82) is 0 Å². The fourth-order valence-corrected chi connectivity index (χ4v) is 6.27. The number of nitrogens with zero attached hydrogens (tertiary/aromatic N) is 3. The summed E-state index contributed by atoms with van der Waals surface area (Å²) >= 11 is 0. The van der Waals surface area contributed by atoms with E-state index in [1.165, 1.54) is 37.8 Å². The highest BCUT2D eigenvalue weighted by atomic mass is 16.2. The Morgan fingerprint density at radius 3 is 2.61 bits per heavy atom. The lowest BCUT2D eigenvalue weighted by Gasteiger charge is -2.57. The van der Waals surface area contributed by atoms with Crippen LogP contribution in [0.2, 0.25) is 0 Å². The van der Waals surface area contributed by atoms with E-state index in [1.807, 2.05) is 6.07 Å². The average Bonchev–Trinajstić information content (AvgIpc) is 2.81. The molecule has 31 heavy (non-hydrogen) atoms. The van der Waals surface area contributed by atoms with Crippen LogP contribution in [0.3, 0.4) is 0 Å². The maximum Gasteiger partial charge on any atom is 0.250 e. The van der Waals surface area contributed by atoms with Crippen molar-refractivity contribution in [2.75, 3.05) is 19.6 Å². The predicted octanol–water partition coefficient (Wildman–Crippen LogP) is 3.18. The third-order valence-corrected chi connectivity index (χ3v) is 7.73. The second-order valence-electron chi connectivity index (χ2n) is 9.59. The molecular weight excluding hydrogens is 386 g/mol. The van der Waals surface area contributed by atoms with Crippen molar-refractivity contribution < 1.29 is 4.79 Å². The minimum atomic E-state index is -0.0356. The Morgan fingerprint density at radius 1 is 0.968 bits per heavy atom. The maximum absolute atomic E-state index is 13.1. The topological polar surface area (TPSA) is 45.6 Å². The van der Waals surface area contributed by atoms with Crippen molar-refractivity contribution in [3.63, 3.8) is 0 Å². The normalized spacial score (nSPS) is 28.2. The van der Waals surface area contributed by atoms with Gasteiger partial charge in [0.1, 0.15) is 0 Å². The first-order valence-corrected chi connectivity index (χ1v) is 11.9. The molecule has 0 saturated carbocycles. The number of fused-ring (bicyclic) bond motifs is 4. The van der Waals surface area contributed by atoms with Crippen molar-refractivity contribution in [3.8, 4) is 0 Å². The minimum Gasteiger partial charge on any atom is -0.342 e. The highest BCUT2D eigenvalue weighted by Crippen LogP contribution is 2.42. The van der Waals surface area contributed by atoms with Crippen LogP contribution in [0.15, 0.2) is 59.5 Å². The van der Waals surface area contributed by atoms with Crippen LogP contribution >= 0.6 is 0 Å². The monoisotopic (exact) mass is 419 g/mol. The molecule has 4 heterocycles. The van der Waals surface area contributed by atoms with Gasteiger partial charge in [0.05, 0.1) is 0 Å². The lowest BCUT2D eigenvalue weighted by molar-refractivity contribution is -0.141.